The highest BCUT2D eigenvalue weighted by atomic mass is 127. The first-order valence-electron chi connectivity index (χ1n) is 3.37. The third kappa shape index (κ3) is 6.29. The van der Waals surface area contributed by atoms with E-state index in [1.807, 2.05) is 17.1 Å². The molecule has 0 heterocycles. The second kappa shape index (κ2) is 7.28. The zero-order valence-corrected chi connectivity index (χ0v) is 8.28. The third-order valence-corrected chi connectivity index (χ3v) is 1.57. The summed E-state index contributed by atoms with van der Waals surface area (Å²) >= 11 is 2.11. The van der Waals surface area contributed by atoms with Crippen LogP contribution in [0.3, 0.4) is 0 Å². The minimum absolute atomic E-state index is 0.270. The van der Waals surface area contributed by atoms with Crippen LogP contribution in [0.5, 0.6) is 0 Å². The summed E-state index contributed by atoms with van der Waals surface area (Å²) in [6.45, 7) is 1.99. The molecule has 0 saturated heterocycles. The molecular formula is C8H13IO. The second-order valence-corrected chi connectivity index (χ2v) is 2.75. The van der Waals surface area contributed by atoms with Crippen LogP contribution in [0.15, 0.2) is 22.3 Å². The number of allylic oxidation sites excluding steroid dienone is 2. The van der Waals surface area contributed by atoms with E-state index in [1.54, 1.807) is 6.08 Å². The van der Waals surface area contributed by atoms with Crippen molar-refractivity contribution in [3.05, 3.63) is 22.3 Å². The van der Waals surface area contributed by atoms with Gasteiger partial charge < -0.3 is 5.11 Å². The lowest BCUT2D eigenvalue weighted by atomic mass is 10.2. The molecule has 0 bridgehead atoms. The predicted molar refractivity (Wildman–Crippen MR) is 53.2 cm³/mol. The van der Waals surface area contributed by atoms with Gasteiger partial charge in [-0.25, -0.2) is 0 Å². The molecule has 2 heteroatoms. The number of halogens is 1. The number of hydrogen-bond donors (Lipinski definition) is 1. The van der Waals surface area contributed by atoms with Crippen LogP contribution < -0.4 is 0 Å². The molecule has 0 radical (unpaired) electrons. The van der Waals surface area contributed by atoms with Gasteiger partial charge in [-0.05, 0) is 23.8 Å². The SMILES string of the molecule is CC=CCCC(O)C=CI. The van der Waals surface area contributed by atoms with Crippen LogP contribution in [-0.2, 0) is 0 Å². The molecule has 58 valence electrons. The summed E-state index contributed by atoms with van der Waals surface area (Å²) in [5, 5.41) is 9.15. The highest BCUT2D eigenvalue weighted by Gasteiger charge is 1.94. The van der Waals surface area contributed by atoms with Crippen molar-refractivity contribution in [2.45, 2.75) is 25.9 Å². The average molecular weight is 252 g/mol. The molecule has 0 amide bonds. The minimum Gasteiger partial charge on any atom is -0.389 e. The van der Waals surface area contributed by atoms with Crippen LogP contribution in [0.4, 0.5) is 0 Å². The van der Waals surface area contributed by atoms with Gasteiger partial charge in [-0.3, -0.25) is 0 Å². The molecule has 0 spiro atoms. The van der Waals surface area contributed by atoms with Gasteiger partial charge in [0.2, 0.25) is 0 Å². The van der Waals surface area contributed by atoms with Crippen molar-refractivity contribution in [3.8, 4) is 0 Å². The molecule has 1 atom stereocenters. The second-order valence-electron chi connectivity index (χ2n) is 2.03. The monoisotopic (exact) mass is 252 g/mol. The van der Waals surface area contributed by atoms with E-state index in [-0.39, 0.29) is 6.10 Å². The van der Waals surface area contributed by atoms with E-state index < -0.39 is 0 Å². The Labute approximate surface area is 76.0 Å². The Morgan fingerprint density at radius 3 is 2.80 bits per heavy atom. The van der Waals surface area contributed by atoms with E-state index >= 15 is 0 Å². The normalized spacial score (nSPS) is 15.1. The molecule has 0 saturated carbocycles. The number of aliphatic hydroxyl groups excluding tert-OH is 1. The molecule has 0 aromatic heterocycles. The fraction of sp³-hybridized carbons (Fsp3) is 0.500. The topological polar surface area (TPSA) is 20.2 Å². The molecule has 0 aliphatic heterocycles. The summed E-state index contributed by atoms with van der Waals surface area (Å²) in [5.74, 6) is 0. The van der Waals surface area contributed by atoms with Crippen LogP contribution in [-0.4, -0.2) is 11.2 Å². The molecule has 1 unspecified atom stereocenters. The predicted octanol–water partition coefficient (Wildman–Crippen LogP) is 2.65. The molecule has 0 aliphatic carbocycles. The summed E-state index contributed by atoms with van der Waals surface area (Å²) < 4.78 is 1.85. The van der Waals surface area contributed by atoms with Gasteiger partial charge in [-0.2, -0.15) is 0 Å². The van der Waals surface area contributed by atoms with Crippen LogP contribution in [0.1, 0.15) is 19.8 Å². The molecule has 0 rings (SSSR count). The molecule has 0 aliphatic rings. The Bertz CT molecular complexity index is 118. The van der Waals surface area contributed by atoms with E-state index in [0.717, 1.165) is 12.8 Å². The molecular weight excluding hydrogens is 239 g/mol. The first kappa shape index (κ1) is 10.2. The third-order valence-electron chi connectivity index (χ3n) is 1.16. The van der Waals surface area contributed by atoms with Crippen molar-refractivity contribution < 1.29 is 5.11 Å². The Kier molecular flexibility index (Phi) is 7.40. The lowest BCUT2D eigenvalue weighted by Gasteiger charge is -1.99. The van der Waals surface area contributed by atoms with Gasteiger partial charge in [0.05, 0.1) is 6.10 Å². The van der Waals surface area contributed by atoms with Crippen molar-refractivity contribution in [2.24, 2.45) is 0 Å². The number of rotatable bonds is 4. The summed E-state index contributed by atoms with van der Waals surface area (Å²) in [7, 11) is 0. The van der Waals surface area contributed by atoms with Crippen molar-refractivity contribution in [3.63, 3.8) is 0 Å². The van der Waals surface area contributed by atoms with Gasteiger partial charge in [0.1, 0.15) is 0 Å². The highest BCUT2D eigenvalue weighted by Crippen LogP contribution is 2.00. The van der Waals surface area contributed by atoms with Crippen molar-refractivity contribution in [2.75, 3.05) is 0 Å². The van der Waals surface area contributed by atoms with Gasteiger partial charge in [-0.1, -0.05) is 40.8 Å². The number of hydrogen-bond acceptors (Lipinski definition) is 1. The van der Waals surface area contributed by atoms with Crippen molar-refractivity contribution >= 4 is 22.6 Å². The standard InChI is InChI=1S/C8H13IO/c1-2-3-4-5-8(10)6-7-9/h2-3,6-8,10H,4-5H2,1H3. The molecule has 1 nitrogen and oxygen atoms in total. The van der Waals surface area contributed by atoms with Gasteiger partial charge in [0.25, 0.3) is 0 Å². The summed E-state index contributed by atoms with van der Waals surface area (Å²) in [6.07, 6.45) is 7.37. The molecule has 1 N–H and O–H groups in total. The van der Waals surface area contributed by atoms with Crippen molar-refractivity contribution in [1.82, 2.24) is 0 Å². The summed E-state index contributed by atoms with van der Waals surface area (Å²) in [6, 6.07) is 0. The smallest absolute Gasteiger partial charge is 0.0731 e. The Balaban J connectivity index is 3.30. The van der Waals surface area contributed by atoms with Crippen LogP contribution in [0.2, 0.25) is 0 Å². The van der Waals surface area contributed by atoms with Gasteiger partial charge in [0, 0.05) is 0 Å². The minimum atomic E-state index is -0.270. The highest BCUT2D eigenvalue weighted by molar-refractivity contribution is 14.1. The van der Waals surface area contributed by atoms with E-state index in [2.05, 4.69) is 28.7 Å². The Hall–Kier alpha value is 0.170. The van der Waals surface area contributed by atoms with Crippen LogP contribution in [0.25, 0.3) is 0 Å². The molecule has 0 aromatic carbocycles. The lowest BCUT2D eigenvalue weighted by molar-refractivity contribution is 0.214. The van der Waals surface area contributed by atoms with Gasteiger partial charge in [0.15, 0.2) is 0 Å². The van der Waals surface area contributed by atoms with E-state index in [4.69, 9.17) is 5.11 Å². The maximum absolute atomic E-state index is 9.15. The Morgan fingerprint density at radius 2 is 2.30 bits per heavy atom. The van der Waals surface area contributed by atoms with Gasteiger partial charge >= 0.3 is 0 Å². The van der Waals surface area contributed by atoms with E-state index in [1.165, 1.54) is 0 Å². The van der Waals surface area contributed by atoms with Crippen LogP contribution in [0, 0.1) is 0 Å². The molecule has 0 fully saturated rings. The summed E-state index contributed by atoms with van der Waals surface area (Å²) in [5.41, 5.74) is 0. The maximum atomic E-state index is 9.15. The largest absolute Gasteiger partial charge is 0.389 e. The van der Waals surface area contributed by atoms with E-state index in [9.17, 15) is 0 Å². The fourth-order valence-corrected chi connectivity index (χ4v) is 1.09. The average Bonchev–Trinajstić information content (AvgIpc) is 1.89. The van der Waals surface area contributed by atoms with Gasteiger partial charge in [-0.15, -0.1) is 0 Å². The van der Waals surface area contributed by atoms with Crippen molar-refractivity contribution in [1.29, 1.82) is 0 Å². The summed E-state index contributed by atoms with van der Waals surface area (Å²) in [4.78, 5) is 0. The molecule has 10 heavy (non-hydrogen) atoms. The number of aliphatic hydroxyl groups is 1. The fourth-order valence-electron chi connectivity index (χ4n) is 0.614. The zero-order chi connectivity index (χ0) is 7.82. The quantitative estimate of drug-likeness (QED) is 0.602. The Morgan fingerprint density at radius 1 is 1.60 bits per heavy atom. The maximum Gasteiger partial charge on any atom is 0.0731 e. The first-order chi connectivity index (χ1) is 4.81. The van der Waals surface area contributed by atoms with E-state index in [0.29, 0.717) is 0 Å². The van der Waals surface area contributed by atoms with Crippen LogP contribution >= 0.6 is 22.6 Å². The first-order valence-corrected chi connectivity index (χ1v) is 4.62. The lowest BCUT2D eigenvalue weighted by Crippen LogP contribution is -1.99. The molecule has 0 aromatic rings. The zero-order valence-electron chi connectivity index (χ0n) is 6.13.